The molecule has 2 amide bonds. The fourth-order valence-electron chi connectivity index (χ4n) is 4.07. The van der Waals surface area contributed by atoms with Crippen molar-refractivity contribution in [3.8, 4) is 17.6 Å². The second kappa shape index (κ2) is 15.0. The van der Waals surface area contributed by atoms with Gasteiger partial charge in [0.1, 0.15) is 35.6 Å². The molecule has 0 aliphatic heterocycles. The summed E-state index contributed by atoms with van der Waals surface area (Å²) in [5.41, 5.74) is 1.67. The highest BCUT2D eigenvalue weighted by Crippen LogP contribution is 2.31. The molecule has 0 saturated carbocycles. The van der Waals surface area contributed by atoms with Crippen LogP contribution in [0, 0.1) is 28.4 Å². The number of amidine groups is 1. The molecule has 1 unspecified atom stereocenters. The Hall–Kier alpha value is -5.60. The molecule has 0 aliphatic rings. The lowest BCUT2D eigenvalue weighted by atomic mass is 10.1. The minimum absolute atomic E-state index is 0.00565. The monoisotopic (exact) mass is 598 g/mol. The van der Waals surface area contributed by atoms with Crippen molar-refractivity contribution in [2.24, 2.45) is 0 Å². The number of nitrogens with one attached hydrogen (secondary N) is 3. The van der Waals surface area contributed by atoms with Crippen LogP contribution < -0.4 is 15.4 Å². The molecule has 3 N–H and O–H groups in total. The van der Waals surface area contributed by atoms with Crippen molar-refractivity contribution in [2.75, 3.05) is 6.61 Å². The third-order valence-electron chi connectivity index (χ3n) is 6.25. The molecule has 44 heavy (non-hydrogen) atoms. The van der Waals surface area contributed by atoms with Crippen molar-refractivity contribution in [3.05, 3.63) is 130 Å². The minimum atomic E-state index is -1.57. The van der Waals surface area contributed by atoms with Gasteiger partial charge in [-0.15, -0.1) is 0 Å². The van der Waals surface area contributed by atoms with Crippen LogP contribution in [0.4, 0.5) is 13.6 Å². The van der Waals surface area contributed by atoms with Crippen molar-refractivity contribution in [1.29, 1.82) is 10.7 Å². The Kier molecular flexibility index (Phi) is 10.7. The van der Waals surface area contributed by atoms with E-state index in [2.05, 4.69) is 10.6 Å². The third kappa shape index (κ3) is 8.47. The molecular formula is C33H28F2N4O5. The van der Waals surface area contributed by atoms with Gasteiger partial charge in [0, 0.05) is 30.8 Å². The van der Waals surface area contributed by atoms with Crippen LogP contribution in [-0.4, -0.2) is 24.4 Å². The Labute approximate surface area is 252 Å². The van der Waals surface area contributed by atoms with Crippen LogP contribution in [0.2, 0.25) is 0 Å². The number of halogens is 2. The average molecular weight is 599 g/mol. The summed E-state index contributed by atoms with van der Waals surface area (Å²) < 4.78 is 46.2. The van der Waals surface area contributed by atoms with Crippen molar-refractivity contribution >= 4 is 17.8 Å². The zero-order chi connectivity index (χ0) is 31.5. The second-order valence-corrected chi connectivity index (χ2v) is 9.35. The first kappa shape index (κ1) is 31.3. The first-order chi connectivity index (χ1) is 21.3. The van der Waals surface area contributed by atoms with E-state index in [0.29, 0.717) is 16.7 Å². The lowest BCUT2D eigenvalue weighted by Crippen LogP contribution is -2.32. The molecule has 0 aromatic heterocycles. The molecule has 0 heterocycles. The van der Waals surface area contributed by atoms with Gasteiger partial charge in [-0.05, 0) is 42.3 Å². The maximum Gasteiger partial charge on any atom is 0.413 e. The molecule has 0 aliphatic carbocycles. The van der Waals surface area contributed by atoms with Gasteiger partial charge in [-0.3, -0.25) is 15.5 Å². The number of carbonyl (C=O) groups is 2. The lowest BCUT2D eigenvalue weighted by molar-refractivity contribution is -0.133. The van der Waals surface area contributed by atoms with Crippen molar-refractivity contribution in [1.82, 2.24) is 10.6 Å². The van der Waals surface area contributed by atoms with Gasteiger partial charge in [0.2, 0.25) is 0 Å². The van der Waals surface area contributed by atoms with E-state index in [4.69, 9.17) is 24.9 Å². The number of hydrogen-bond donors (Lipinski definition) is 3. The zero-order valence-electron chi connectivity index (χ0n) is 23.6. The molecule has 4 aromatic carbocycles. The summed E-state index contributed by atoms with van der Waals surface area (Å²) in [5, 5.41) is 22.0. The predicted molar refractivity (Wildman–Crippen MR) is 157 cm³/mol. The molecule has 1 atom stereocenters. The summed E-state index contributed by atoms with van der Waals surface area (Å²) in [7, 11) is 0. The molecule has 0 fully saturated rings. The first-order valence-corrected chi connectivity index (χ1v) is 13.5. The van der Waals surface area contributed by atoms with E-state index in [-0.39, 0.29) is 37.1 Å². The number of alkyl carbamates (subject to hydrolysis) is 1. The van der Waals surface area contributed by atoms with Gasteiger partial charge in [0.05, 0.1) is 17.2 Å². The molecule has 0 saturated heterocycles. The van der Waals surface area contributed by atoms with Crippen LogP contribution in [0.15, 0.2) is 91.0 Å². The Balaban J connectivity index is 1.34. The maximum atomic E-state index is 15.1. The fraction of sp³-hybridized carbons (Fsp3) is 0.152. The quantitative estimate of drug-likeness (QED) is 0.138. The summed E-state index contributed by atoms with van der Waals surface area (Å²) >= 11 is 0. The molecule has 9 nitrogen and oxygen atoms in total. The van der Waals surface area contributed by atoms with E-state index >= 15 is 8.78 Å². The third-order valence-corrected chi connectivity index (χ3v) is 6.25. The normalized spacial score (nSPS) is 11.1. The fourth-order valence-corrected chi connectivity index (χ4v) is 4.07. The number of carbonyl (C=O) groups excluding carboxylic acids is 2. The number of nitriles is 1. The van der Waals surface area contributed by atoms with E-state index in [1.165, 1.54) is 24.3 Å². The summed E-state index contributed by atoms with van der Waals surface area (Å²) in [6.45, 7) is 1.67. The smallest absolute Gasteiger partial charge is 0.413 e. The van der Waals surface area contributed by atoms with E-state index in [0.717, 1.165) is 17.7 Å². The Morgan fingerprint density at radius 3 is 2.18 bits per heavy atom. The molecule has 0 spiro atoms. The van der Waals surface area contributed by atoms with Crippen LogP contribution in [0.3, 0.4) is 0 Å². The van der Waals surface area contributed by atoms with Crippen LogP contribution in [-0.2, 0) is 27.4 Å². The molecule has 0 radical (unpaired) electrons. The highest BCUT2D eigenvalue weighted by Gasteiger charge is 2.28. The van der Waals surface area contributed by atoms with Crippen LogP contribution >= 0.6 is 0 Å². The summed E-state index contributed by atoms with van der Waals surface area (Å²) in [6, 6.07) is 25.4. The van der Waals surface area contributed by atoms with Gasteiger partial charge >= 0.3 is 6.09 Å². The summed E-state index contributed by atoms with van der Waals surface area (Å²) in [4.78, 5) is 25.0. The van der Waals surface area contributed by atoms with Gasteiger partial charge in [0.15, 0.2) is 6.10 Å². The van der Waals surface area contributed by atoms with Crippen LogP contribution in [0.1, 0.15) is 40.8 Å². The topological polar surface area (TPSA) is 134 Å². The molecule has 4 aromatic rings. The van der Waals surface area contributed by atoms with E-state index < -0.39 is 35.3 Å². The van der Waals surface area contributed by atoms with Gasteiger partial charge in [-0.25, -0.2) is 13.6 Å². The predicted octanol–water partition coefficient (Wildman–Crippen LogP) is 6.27. The summed E-state index contributed by atoms with van der Waals surface area (Å²) in [5.74, 6) is -2.85. The van der Waals surface area contributed by atoms with Gasteiger partial charge in [-0.1, -0.05) is 54.6 Å². The lowest BCUT2D eigenvalue weighted by Gasteiger charge is -2.19. The van der Waals surface area contributed by atoms with Crippen molar-refractivity contribution in [2.45, 2.75) is 26.2 Å². The minimum Gasteiger partial charge on any atom is -0.457 e. The number of amides is 2. The highest BCUT2D eigenvalue weighted by molar-refractivity contribution is 6.04. The number of rotatable bonds is 11. The van der Waals surface area contributed by atoms with Gasteiger partial charge in [0.25, 0.3) is 5.91 Å². The maximum absolute atomic E-state index is 15.1. The largest absolute Gasteiger partial charge is 0.457 e. The van der Waals surface area contributed by atoms with Crippen LogP contribution in [0.5, 0.6) is 11.5 Å². The van der Waals surface area contributed by atoms with E-state index in [1.54, 1.807) is 31.2 Å². The van der Waals surface area contributed by atoms with E-state index in [9.17, 15) is 9.59 Å². The van der Waals surface area contributed by atoms with Crippen LogP contribution in [0.25, 0.3) is 0 Å². The highest BCUT2D eigenvalue weighted by atomic mass is 19.1. The number of benzene rings is 4. The zero-order valence-corrected chi connectivity index (χ0v) is 23.6. The Morgan fingerprint density at radius 1 is 0.909 bits per heavy atom. The number of nitrogens with zero attached hydrogens (tertiary/aromatic N) is 1. The van der Waals surface area contributed by atoms with Crippen molar-refractivity contribution < 1.29 is 32.6 Å². The SMILES string of the molecule is CCOC(C(=O)NCc1ccc(C(=N)NC(=O)OCc2ccccc2)cc1)c1c(F)cc(Oc2ccc(C#N)cc2)cc1F. The molecular weight excluding hydrogens is 570 g/mol. The Bertz CT molecular complexity index is 1630. The first-order valence-electron chi connectivity index (χ1n) is 13.5. The summed E-state index contributed by atoms with van der Waals surface area (Å²) in [6.07, 6.45) is -2.34. The second-order valence-electron chi connectivity index (χ2n) is 9.35. The molecule has 4 rings (SSSR count). The molecule has 224 valence electrons. The van der Waals surface area contributed by atoms with Gasteiger partial charge < -0.3 is 19.5 Å². The number of hydrogen-bond acceptors (Lipinski definition) is 7. The van der Waals surface area contributed by atoms with Crippen molar-refractivity contribution in [3.63, 3.8) is 0 Å². The molecule has 0 bridgehead atoms. The standard InChI is InChI=1S/C33H28F2N4O5/c1-2-42-30(29-27(34)16-26(17-28(29)35)44-25-14-10-21(18-36)11-15-25)32(40)38-19-22-8-12-24(13-9-22)31(37)39-33(41)43-20-23-6-4-3-5-7-23/h3-17,30H,2,19-20H2,1H3,(H,38,40)(H2,37,39,41). The molecule has 11 heteroatoms. The average Bonchev–Trinajstić information content (AvgIpc) is 3.03. The Morgan fingerprint density at radius 2 is 1.57 bits per heavy atom. The van der Waals surface area contributed by atoms with E-state index in [1.807, 2.05) is 36.4 Å². The van der Waals surface area contributed by atoms with Gasteiger partial charge in [-0.2, -0.15) is 5.26 Å². The number of ether oxygens (including phenoxy) is 3.